The molecule has 1 aliphatic carbocycles. The molecule has 1 aromatic rings. The van der Waals surface area contributed by atoms with Crippen molar-refractivity contribution in [3.8, 4) is 0 Å². The van der Waals surface area contributed by atoms with Crippen molar-refractivity contribution in [2.45, 2.75) is 36.6 Å². The van der Waals surface area contributed by atoms with Gasteiger partial charge in [-0.05, 0) is 56.2 Å². The summed E-state index contributed by atoms with van der Waals surface area (Å²) < 4.78 is 0. The number of hydrogen-bond acceptors (Lipinski definition) is 2. The van der Waals surface area contributed by atoms with Crippen LogP contribution < -0.4 is 5.32 Å². The van der Waals surface area contributed by atoms with E-state index < -0.39 is 0 Å². The molecule has 0 aromatic heterocycles. The molecule has 0 amide bonds. The predicted molar refractivity (Wildman–Crippen MR) is 82.0 cm³/mol. The fourth-order valence-corrected chi connectivity index (χ4v) is 4.04. The summed E-state index contributed by atoms with van der Waals surface area (Å²) in [7, 11) is 2.08. The maximum atomic E-state index is 6.01. The molecule has 1 aliphatic rings. The highest BCUT2D eigenvalue weighted by Gasteiger charge is 2.25. The van der Waals surface area contributed by atoms with E-state index in [1.807, 2.05) is 30.0 Å². The largest absolute Gasteiger partial charge is 0.317 e. The Balaban J connectivity index is 1.79. The Hall–Kier alpha value is 0.110. The van der Waals surface area contributed by atoms with E-state index in [0.29, 0.717) is 10.0 Å². The van der Waals surface area contributed by atoms with E-state index >= 15 is 0 Å². The van der Waals surface area contributed by atoms with Crippen LogP contribution in [0.25, 0.3) is 0 Å². The molecule has 1 nitrogen and oxygen atoms in total. The number of rotatable bonds is 5. The van der Waals surface area contributed by atoms with Gasteiger partial charge >= 0.3 is 0 Å². The first-order valence-corrected chi connectivity index (χ1v) is 8.20. The smallest absolute Gasteiger partial charge is 0.0603 e. The first-order valence-electron chi connectivity index (χ1n) is 6.46. The minimum absolute atomic E-state index is 0.632. The number of halogens is 2. The second kappa shape index (κ2) is 7.04. The molecule has 0 aliphatic heterocycles. The maximum absolute atomic E-state index is 6.01. The fraction of sp³-hybridized carbons (Fsp3) is 0.571. The third kappa shape index (κ3) is 3.80. The predicted octanol–water partition coefficient (Wildman–Crippen LogP) is 4.86. The van der Waals surface area contributed by atoms with Crippen LogP contribution in [-0.4, -0.2) is 18.8 Å². The topological polar surface area (TPSA) is 12.0 Å². The minimum atomic E-state index is 0.632. The molecule has 4 heteroatoms. The van der Waals surface area contributed by atoms with Gasteiger partial charge in [0.25, 0.3) is 0 Å². The summed E-state index contributed by atoms with van der Waals surface area (Å²) in [5.41, 5.74) is 0. The quantitative estimate of drug-likeness (QED) is 0.779. The fourth-order valence-electron chi connectivity index (χ4n) is 2.66. The van der Waals surface area contributed by atoms with Gasteiger partial charge in [-0.3, -0.25) is 0 Å². The van der Waals surface area contributed by atoms with Gasteiger partial charge in [0.1, 0.15) is 0 Å². The Morgan fingerprint density at radius 3 is 2.83 bits per heavy atom. The average molecular weight is 304 g/mol. The Labute approximate surface area is 124 Å². The monoisotopic (exact) mass is 303 g/mol. The molecule has 1 saturated carbocycles. The summed E-state index contributed by atoms with van der Waals surface area (Å²) in [6.07, 6.45) is 5.34. The van der Waals surface area contributed by atoms with Crippen molar-refractivity contribution in [3.63, 3.8) is 0 Å². The van der Waals surface area contributed by atoms with Crippen molar-refractivity contribution in [1.29, 1.82) is 0 Å². The Morgan fingerprint density at radius 1 is 1.28 bits per heavy atom. The zero-order chi connectivity index (χ0) is 13.0. The van der Waals surface area contributed by atoms with E-state index in [1.54, 1.807) is 0 Å². The lowest BCUT2D eigenvalue weighted by Crippen LogP contribution is -2.29. The molecule has 2 atom stereocenters. The van der Waals surface area contributed by atoms with Crippen LogP contribution >= 0.6 is 35.0 Å². The van der Waals surface area contributed by atoms with Gasteiger partial charge in [0.05, 0.1) is 10.0 Å². The molecule has 1 aromatic carbocycles. The number of thioether (sulfide) groups is 1. The van der Waals surface area contributed by atoms with Gasteiger partial charge in [-0.15, -0.1) is 11.8 Å². The van der Waals surface area contributed by atoms with Gasteiger partial charge in [-0.2, -0.15) is 0 Å². The van der Waals surface area contributed by atoms with Crippen molar-refractivity contribution in [3.05, 3.63) is 28.2 Å². The highest BCUT2D eigenvalue weighted by atomic mass is 35.5. The maximum Gasteiger partial charge on any atom is 0.0603 e. The minimum Gasteiger partial charge on any atom is -0.317 e. The lowest BCUT2D eigenvalue weighted by Gasteiger charge is -2.18. The normalized spacial score (nSPS) is 23.5. The number of benzene rings is 1. The van der Waals surface area contributed by atoms with Crippen molar-refractivity contribution in [1.82, 2.24) is 5.32 Å². The molecule has 2 unspecified atom stereocenters. The van der Waals surface area contributed by atoms with E-state index in [2.05, 4.69) is 12.4 Å². The molecule has 0 saturated heterocycles. The highest BCUT2D eigenvalue weighted by Crippen LogP contribution is 2.32. The summed E-state index contributed by atoms with van der Waals surface area (Å²) in [5.74, 6) is 1.99. The van der Waals surface area contributed by atoms with Gasteiger partial charge in [0.15, 0.2) is 0 Å². The molecule has 1 N–H and O–H groups in total. The van der Waals surface area contributed by atoms with Crippen molar-refractivity contribution in [2.75, 3.05) is 12.8 Å². The average Bonchev–Trinajstić information content (AvgIpc) is 2.81. The zero-order valence-electron chi connectivity index (χ0n) is 10.6. The second-order valence-electron chi connectivity index (χ2n) is 4.80. The van der Waals surface area contributed by atoms with E-state index in [9.17, 15) is 0 Å². The number of nitrogens with one attached hydrogen (secondary N) is 1. The molecule has 100 valence electrons. The van der Waals surface area contributed by atoms with Crippen molar-refractivity contribution in [2.24, 2.45) is 5.92 Å². The van der Waals surface area contributed by atoms with Crippen LogP contribution in [0.4, 0.5) is 0 Å². The van der Waals surface area contributed by atoms with E-state index in [1.165, 1.54) is 30.6 Å². The second-order valence-corrected chi connectivity index (χ2v) is 6.78. The van der Waals surface area contributed by atoms with Gasteiger partial charge < -0.3 is 5.32 Å². The van der Waals surface area contributed by atoms with Gasteiger partial charge in [-0.25, -0.2) is 0 Å². The summed E-state index contributed by atoms with van der Waals surface area (Å²) in [4.78, 5) is 1.21. The van der Waals surface area contributed by atoms with Crippen LogP contribution in [0.5, 0.6) is 0 Å². The summed E-state index contributed by atoms with van der Waals surface area (Å²) in [5, 5.41) is 4.71. The molecule has 0 spiro atoms. The van der Waals surface area contributed by atoms with Crippen LogP contribution in [0.2, 0.25) is 10.0 Å². The SMILES string of the molecule is CNC1CCCC1CCSc1ccc(Cl)c(Cl)c1. The molecule has 0 radical (unpaired) electrons. The van der Waals surface area contributed by atoms with E-state index in [-0.39, 0.29) is 0 Å². The van der Waals surface area contributed by atoms with Crippen LogP contribution in [-0.2, 0) is 0 Å². The molecule has 0 bridgehead atoms. The lowest BCUT2D eigenvalue weighted by atomic mass is 10.0. The molecule has 1 fully saturated rings. The first kappa shape index (κ1) is 14.5. The number of hydrogen-bond donors (Lipinski definition) is 1. The third-order valence-electron chi connectivity index (χ3n) is 3.68. The van der Waals surface area contributed by atoms with Gasteiger partial charge in [0, 0.05) is 10.9 Å². The Bertz CT molecular complexity index is 397. The van der Waals surface area contributed by atoms with Crippen LogP contribution in [0, 0.1) is 5.92 Å². The highest BCUT2D eigenvalue weighted by molar-refractivity contribution is 7.99. The molecular formula is C14H19Cl2NS. The Kier molecular flexibility index (Phi) is 5.68. The van der Waals surface area contributed by atoms with Crippen molar-refractivity contribution >= 4 is 35.0 Å². The third-order valence-corrected chi connectivity index (χ3v) is 5.44. The summed E-state index contributed by atoms with van der Waals surface area (Å²) in [6, 6.07) is 6.60. The lowest BCUT2D eigenvalue weighted by molar-refractivity contribution is 0.417. The molecule has 2 rings (SSSR count). The first-order chi connectivity index (χ1) is 8.70. The zero-order valence-corrected chi connectivity index (χ0v) is 12.9. The Morgan fingerprint density at radius 2 is 2.11 bits per heavy atom. The standard InChI is InChI=1S/C14H19Cl2NS/c1-17-14-4-2-3-10(14)7-8-18-11-5-6-12(15)13(16)9-11/h5-6,9-10,14,17H,2-4,7-8H2,1H3. The van der Waals surface area contributed by atoms with Gasteiger partial charge in [-0.1, -0.05) is 29.6 Å². The van der Waals surface area contributed by atoms with E-state index in [0.717, 1.165) is 17.7 Å². The van der Waals surface area contributed by atoms with E-state index in [4.69, 9.17) is 23.2 Å². The summed E-state index contributed by atoms with van der Waals surface area (Å²) >= 11 is 13.8. The molecular weight excluding hydrogens is 285 g/mol. The van der Waals surface area contributed by atoms with Crippen LogP contribution in [0.1, 0.15) is 25.7 Å². The van der Waals surface area contributed by atoms with Gasteiger partial charge in [0.2, 0.25) is 0 Å². The van der Waals surface area contributed by atoms with Crippen molar-refractivity contribution < 1.29 is 0 Å². The van der Waals surface area contributed by atoms with Crippen LogP contribution in [0.3, 0.4) is 0 Å². The summed E-state index contributed by atoms with van der Waals surface area (Å²) in [6.45, 7) is 0. The molecule has 0 heterocycles. The molecule has 18 heavy (non-hydrogen) atoms. The van der Waals surface area contributed by atoms with Crippen LogP contribution in [0.15, 0.2) is 23.1 Å².